The maximum absolute atomic E-state index is 12.5. The van der Waals surface area contributed by atoms with Crippen LogP contribution in [0.4, 0.5) is 0 Å². The number of unbranched alkanes of at least 4 members (excludes halogenated alkanes) is 24. The molecule has 1 rings (SSSR count). The maximum Gasteiger partial charge on any atom is 0.220 e. The summed E-state index contributed by atoms with van der Waals surface area (Å²) in [6.45, 7) is 7.01. The second-order valence-corrected chi connectivity index (χ2v) is 14.4. The van der Waals surface area contributed by atoms with Crippen molar-refractivity contribution in [3.63, 3.8) is 0 Å². The molecule has 0 saturated heterocycles. The highest BCUT2D eigenvalue weighted by molar-refractivity contribution is 5.76. The van der Waals surface area contributed by atoms with Crippen LogP contribution in [0.25, 0.3) is 0 Å². The van der Waals surface area contributed by atoms with Gasteiger partial charge in [0.15, 0.2) is 0 Å². The molecule has 4 nitrogen and oxygen atoms in total. The van der Waals surface area contributed by atoms with Gasteiger partial charge >= 0.3 is 0 Å². The number of rotatable bonds is 32. The van der Waals surface area contributed by atoms with Crippen molar-refractivity contribution in [1.82, 2.24) is 10.6 Å². The summed E-state index contributed by atoms with van der Waals surface area (Å²) in [5.41, 5.74) is 2.12. The Morgan fingerprint density at radius 3 is 1.46 bits per heavy atom. The number of nitrogens with one attached hydrogen (secondary N) is 2. The molecule has 0 heterocycles. The molecule has 0 bridgehead atoms. The molecule has 0 unspecified atom stereocenters. The number of hydrogen-bond acceptors (Lipinski definition) is 2. The van der Waals surface area contributed by atoms with E-state index in [1.165, 1.54) is 147 Å². The number of amides is 2. The van der Waals surface area contributed by atoms with Gasteiger partial charge in [-0.15, -0.1) is 0 Å². The van der Waals surface area contributed by atoms with Crippen molar-refractivity contribution in [3.05, 3.63) is 35.4 Å². The molecule has 0 spiro atoms. The first kappa shape index (κ1) is 43.7. The summed E-state index contributed by atoms with van der Waals surface area (Å²) < 4.78 is 0. The van der Waals surface area contributed by atoms with Gasteiger partial charge in [0.05, 0.1) is 6.54 Å². The van der Waals surface area contributed by atoms with E-state index in [1.807, 2.05) is 12.1 Å². The van der Waals surface area contributed by atoms with Gasteiger partial charge in [-0.3, -0.25) is 9.59 Å². The number of carbonyl (C=O) groups is 2. The van der Waals surface area contributed by atoms with Gasteiger partial charge in [-0.25, -0.2) is 0 Å². The quantitative estimate of drug-likeness (QED) is 0.0595. The molecule has 274 valence electrons. The molecule has 2 N–H and O–H groups in total. The van der Waals surface area contributed by atoms with E-state index in [2.05, 4.69) is 55.4 Å². The molecular formula is C44H76N2O2. The van der Waals surface area contributed by atoms with Gasteiger partial charge in [0.25, 0.3) is 0 Å². The molecule has 1 atom stereocenters. The Morgan fingerprint density at radius 2 is 1.00 bits per heavy atom. The SMILES string of the molecule is CCCCCCCCCCCCCCCC(=O)NCC#Cc1cccc(C[C@@H](C)NC(=O)CCCCCCCCCCCCCCC)c1. The molecule has 1 aromatic carbocycles. The molecule has 2 amide bonds. The lowest BCUT2D eigenvalue weighted by Gasteiger charge is -2.14. The van der Waals surface area contributed by atoms with E-state index < -0.39 is 0 Å². The van der Waals surface area contributed by atoms with Crippen LogP contribution >= 0.6 is 0 Å². The molecule has 4 heteroatoms. The van der Waals surface area contributed by atoms with Crippen LogP contribution in [-0.2, 0) is 16.0 Å². The molecule has 48 heavy (non-hydrogen) atoms. The lowest BCUT2D eigenvalue weighted by Crippen LogP contribution is -2.33. The smallest absolute Gasteiger partial charge is 0.220 e. The average molecular weight is 665 g/mol. The summed E-state index contributed by atoms with van der Waals surface area (Å²) in [5, 5.41) is 6.13. The molecule has 0 saturated carbocycles. The van der Waals surface area contributed by atoms with Gasteiger partial charge in [0.1, 0.15) is 0 Å². The van der Waals surface area contributed by atoms with E-state index in [-0.39, 0.29) is 17.9 Å². The van der Waals surface area contributed by atoms with Crippen LogP contribution in [0.15, 0.2) is 24.3 Å². The summed E-state index contributed by atoms with van der Waals surface area (Å²) >= 11 is 0. The van der Waals surface area contributed by atoms with Crippen LogP contribution in [0.5, 0.6) is 0 Å². The highest BCUT2D eigenvalue weighted by atomic mass is 16.2. The fraction of sp³-hybridized carbons (Fsp3) is 0.773. The van der Waals surface area contributed by atoms with E-state index in [0.717, 1.165) is 37.7 Å². The van der Waals surface area contributed by atoms with Gasteiger partial charge < -0.3 is 10.6 Å². The lowest BCUT2D eigenvalue weighted by atomic mass is 10.0. The minimum Gasteiger partial charge on any atom is -0.353 e. The second-order valence-electron chi connectivity index (χ2n) is 14.4. The zero-order valence-corrected chi connectivity index (χ0v) is 31.9. The number of hydrogen-bond donors (Lipinski definition) is 2. The summed E-state index contributed by atoms with van der Waals surface area (Å²) in [6, 6.07) is 8.31. The van der Waals surface area contributed by atoms with Gasteiger partial charge in [-0.2, -0.15) is 0 Å². The third kappa shape index (κ3) is 28.7. The predicted molar refractivity (Wildman–Crippen MR) is 208 cm³/mol. The molecular weight excluding hydrogens is 588 g/mol. The predicted octanol–water partition coefficient (Wildman–Crippen LogP) is 12.2. The molecule has 0 fully saturated rings. The first-order valence-corrected chi connectivity index (χ1v) is 20.7. The normalized spacial score (nSPS) is 11.6. The number of carbonyl (C=O) groups excluding carboxylic acids is 2. The monoisotopic (exact) mass is 665 g/mol. The topological polar surface area (TPSA) is 58.2 Å². The molecule has 0 aromatic heterocycles. The molecule has 0 aliphatic carbocycles. The van der Waals surface area contributed by atoms with E-state index in [0.29, 0.717) is 19.4 Å². The third-order valence-corrected chi connectivity index (χ3v) is 9.50. The largest absolute Gasteiger partial charge is 0.353 e. The minimum atomic E-state index is 0.0899. The Kier molecular flexibility index (Phi) is 30.3. The molecule has 1 aromatic rings. The van der Waals surface area contributed by atoms with Crippen LogP contribution in [-0.4, -0.2) is 24.4 Å². The zero-order chi connectivity index (χ0) is 34.8. The van der Waals surface area contributed by atoms with Gasteiger partial charge in [0.2, 0.25) is 11.8 Å². The van der Waals surface area contributed by atoms with Crippen molar-refractivity contribution < 1.29 is 9.59 Å². The van der Waals surface area contributed by atoms with Crippen molar-refractivity contribution >= 4 is 11.8 Å². The van der Waals surface area contributed by atoms with Crippen LogP contribution < -0.4 is 10.6 Å². The van der Waals surface area contributed by atoms with Crippen molar-refractivity contribution in [2.45, 2.75) is 213 Å². The molecule has 0 radical (unpaired) electrons. The van der Waals surface area contributed by atoms with Gasteiger partial charge in [-0.1, -0.05) is 192 Å². The standard InChI is InChI=1S/C44H76N2O2/c1-4-6-8-10-12-14-16-18-20-22-24-26-28-35-43(47)45-37-31-34-41-32-30-33-42(39-41)38-40(3)46-44(48)36-29-27-25-23-21-19-17-15-13-11-9-7-5-2/h30,32-33,39-40H,4-29,35-38H2,1-3H3,(H,45,47)(H,46,48)/t40-/m1/s1. The van der Waals surface area contributed by atoms with Crippen LogP contribution in [0.1, 0.15) is 212 Å². The Balaban J connectivity index is 2.06. The van der Waals surface area contributed by atoms with Gasteiger partial charge in [0, 0.05) is 24.4 Å². The first-order valence-electron chi connectivity index (χ1n) is 20.7. The highest BCUT2D eigenvalue weighted by Gasteiger charge is 2.08. The van der Waals surface area contributed by atoms with Crippen LogP contribution in [0, 0.1) is 11.8 Å². The molecule has 0 aliphatic heterocycles. The van der Waals surface area contributed by atoms with Crippen molar-refractivity contribution in [3.8, 4) is 11.8 Å². The fourth-order valence-electron chi connectivity index (χ4n) is 6.51. The van der Waals surface area contributed by atoms with E-state index in [9.17, 15) is 9.59 Å². The summed E-state index contributed by atoms with van der Waals surface area (Å²) in [4.78, 5) is 24.7. The zero-order valence-electron chi connectivity index (χ0n) is 31.9. The second kappa shape index (κ2) is 33.2. The van der Waals surface area contributed by atoms with E-state index >= 15 is 0 Å². The van der Waals surface area contributed by atoms with Crippen LogP contribution in [0.2, 0.25) is 0 Å². The van der Waals surface area contributed by atoms with Crippen molar-refractivity contribution in [1.29, 1.82) is 0 Å². The Bertz CT molecular complexity index is 962. The van der Waals surface area contributed by atoms with Gasteiger partial charge in [-0.05, 0) is 43.9 Å². The maximum atomic E-state index is 12.5. The number of benzene rings is 1. The summed E-state index contributed by atoms with van der Waals surface area (Å²) in [6.07, 6.45) is 36.2. The first-order chi connectivity index (χ1) is 23.5. The summed E-state index contributed by atoms with van der Waals surface area (Å²) in [7, 11) is 0. The minimum absolute atomic E-state index is 0.0899. The lowest BCUT2D eigenvalue weighted by molar-refractivity contribution is -0.122. The van der Waals surface area contributed by atoms with E-state index in [1.54, 1.807) is 0 Å². The average Bonchev–Trinajstić information content (AvgIpc) is 3.07. The third-order valence-electron chi connectivity index (χ3n) is 9.50. The molecule has 0 aliphatic rings. The van der Waals surface area contributed by atoms with E-state index in [4.69, 9.17) is 0 Å². The van der Waals surface area contributed by atoms with Crippen LogP contribution in [0.3, 0.4) is 0 Å². The Morgan fingerprint density at radius 1 is 0.583 bits per heavy atom. The Labute approximate surface area is 298 Å². The summed E-state index contributed by atoms with van der Waals surface area (Å²) in [5.74, 6) is 6.55. The highest BCUT2D eigenvalue weighted by Crippen LogP contribution is 2.15. The Hall–Kier alpha value is -2.28. The van der Waals surface area contributed by atoms with Crippen molar-refractivity contribution in [2.75, 3.05) is 6.54 Å². The fourth-order valence-corrected chi connectivity index (χ4v) is 6.51. The van der Waals surface area contributed by atoms with Crippen molar-refractivity contribution in [2.24, 2.45) is 0 Å².